The summed E-state index contributed by atoms with van der Waals surface area (Å²) in [6, 6.07) is 25.3. The van der Waals surface area contributed by atoms with Crippen molar-refractivity contribution in [2.45, 2.75) is 25.0 Å². The largest absolute Gasteiger partial charge is 0.496 e. The van der Waals surface area contributed by atoms with Crippen molar-refractivity contribution in [1.82, 2.24) is 0 Å². The molecule has 164 valence electrons. The van der Waals surface area contributed by atoms with Crippen LogP contribution in [0.5, 0.6) is 5.75 Å². The molecule has 6 nitrogen and oxygen atoms in total. The van der Waals surface area contributed by atoms with Gasteiger partial charge in [-0.3, -0.25) is 0 Å². The molecule has 6 heteroatoms. The molecule has 0 radical (unpaired) electrons. The third kappa shape index (κ3) is 4.81. The molecule has 3 aromatic rings. The van der Waals surface area contributed by atoms with Gasteiger partial charge in [0.1, 0.15) is 5.75 Å². The van der Waals surface area contributed by atoms with Gasteiger partial charge in [-0.15, -0.1) is 0 Å². The molecule has 0 saturated heterocycles. The van der Waals surface area contributed by atoms with Gasteiger partial charge in [0.15, 0.2) is 0 Å². The summed E-state index contributed by atoms with van der Waals surface area (Å²) in [5, 5.41) is 13.8. The van der Waals surface area contributed by atoms with E-state index in [0.29, 0.717) is 12.3 Å². The van der Waals surface area contributed by atoms with E-state index in [-0.39, 0.29) is 19.4 Å². The van der Waals surface area contributed by atoms with E-state index in [1.165, 1.54) is 0 Å². The highest BCUT2D eigenvalue weighted by Crippen LogP contribution is 2.31. The van der Waals surface area contributed by atoms with Crippen LogP contribution in [0.15, 0.2) is 84.0 Å². The second kappa shape index (κ2) is 9.66. The first-order chi connectivity index (χ1) is 15.6. The van der Waals surface area contributed by atoms with Gasteiger partial charge in [0.05, 0.1) is 26.0 Å². The van der Waals surface area contributed by atoms with E-state index < -0.39 is 11.6 Å². The molecule has 1 heterocycles. The monoisotopic (exact) mass is 431 g/mol. The molecule has 0 spiro atoms. The topological polar surface area (TPSA) is 77.3 Å². The fourth-order valence-corrected chi connectivity index (χ4v) is 3.83. The van der Waals surface area contributed by atoms with Crippen LogP contribution in [0.2, 0.25) is 0 Å². The Balaban J connectivity index is 1.36. The first-order valence-corrected chi connectivity index (χ1v) is 10.4. The summed E-state index contributed by atoms with van der Waals surface area (Å²) in [6.45, 7) is 0.587. The predicted octanol–water partition coefficient (Wildman–Crippen LogP) is 4.72. The van der Waals surface area contributed by atoms with Crippen LogP contribution in [0.25, 0.3) is 11.1 Å². The standard InChI is InChI=1S/C26H25NO5/c1-30-24-13-6-5-12-23(24)21-11-7-10-20(14-21)17-31-18-22-16-26(25(28)29,32-27-22)15-19-8-3-2-4-9-19/h2-14H,15-18H2,1H3,(H,28,29). The molecule has 0 amide bonds. The molecular formula is C26H25NO5. The first-order valence-electron chi connectivity index (χ1n) is 10.4. The average molecular weight is 431 g/mol. The Bertz CT molecular complexity index is 1110. The number of aliphatic carboxylic acids is 1. The van der Waals surface area contributed by atoms with Gasteiger partial charge in [-0.25, -0.2) is 4.79 Å². The lowest BCUT2D eigenvalue weighted by Gasteiger charge is -2.21. The van der Waals surface area contributed by atoms with Gasteiger partial charge >= 0.3 is 5.97 Å². The minimum atomic E-state index is -1.39. The Hall–Kier alpha value is -3.64. The van der Waals surface area contributed by atoms with Crippen LogP contribution < -0.4 is 4.74 Å². The Labute approximate surface area is 187 Å². The van der Waals surface area contributed by atoms with Gasteiger partial charge in [0.25, 0.3) is 0 Å². The highest BCUT2D eigenvalue weighted by Gasteiger charge is 2.46. The second-order valence-corrected chi connectivity index (χ2v) is 7.78. The van der Waals surface area contributed by atoms with E-state index in [0.717, 1.165) is 28.0 Å². The lowest BCUT2D eigenvalue weighted by molar-refractivity contribution is -0.162. The van der Waals surface area contributed by atoms with Crippen LogP contribution >= 0.6 is 0 Å². The molecule has 4 rings (SSSR count). The summed E-state index contributed by atoms with van der Waals surface area (Å²) in [5.74, 6) is -0.212. The normalized spacial score (nSPS) is 17.5. The number of rotatable bonds is 9. The van der Waals surface area contributed by atoms with Crippen LogP contribution in [0.1, 0.15) is 17.5 Å². The second-order valence-electron chi connectivity index (χ2n) is 7.78. The van der Waals surface area contributed by atoms with E-state index in [1.54, 1.807) is 7.11 Å². The van der Waals surface area contributed by atoms with Crippen molar-refractivity contribution in [2.75, 3.05) is 13.7 Å². The minimum Gasteiger partial charge on any atom is -0.496 e. The van der Waals surface area contributed by atoms with E-state index >= 15 is 0 Å². The number of benzene rings is 3. The van der Waals surface area contributed by atoms with Crippen LogP contribution in [0.3, 0.4) is 0 Å². The van der Waals surface area contributed by atoms with Crippen LogP contribution in [-0.2, 0) is 27.4 Å². The van der Waals surface area contributed by atoms with Gasteiger partial charge in [0, 0.05) is 18.4 Å². The third-order valence-electron chi connectivity index (χ3n) is 5.44. The number of carboxylic acids is 1. The van der Waals surface area contributed by atoms with E-state index in [9.17, 15) is 9.90 Å². The Morgan fingerprint density at radius 2 is 1.75 bits per heavy atom. The SMILES string of the molecule is COc1ccccc1-c1cccc(COCC2=NOC(Cc3ccccc3)(C(=O)O)C2)c1. The highest BCUT2D eigenvalue weighted by molar-refractivity contribution is 5.94. The number of methoxy groups -OCH3 is 1. The average Bonchev–Trinajstić information content (AvgIpc) is 3.24. The number of hydrogen-bond donors (Lipinski definition) is 1. The first kappa shape index (κ1) is 21.6. The van der Waals surface area contributed by atoms with Gasteiger partial charge < -0.3 is 19.4 Å². The van der Waals surface area contributed by atoms with E-state index in [1.807, 2.05) is 72.8 Å². The van der Waals surface area contributed by atoms with Gasteiger partial charge in [-0.1, -0.05) is 71.9 Å². The number of oxime groups is 1. The lowest BCUT2D eigenvalue weighted by atomic mass is 9.90. The Morgan fingerprint density at radius 3 is 2.53 bits per heavy atom. The van der Waals surface area contributed by atoms with Crippen LogP contribution in [0.4, 0.5) is 0 Å². The number of hydrogen-bond acceptors (Lipinski definition) is 5. The van der Waals surface area contributed by atoms with Crippen molar-refractivity contribution < 1.29 is 24.2 Å². The number of para-hydroxylation sites is 1. The molecule has 1 N–H and O–H groups in total. The summed E-state index contributed by atoms with van der Waals surface area (Å²) in [6.07, 6.45) is 0.440. The molecule has 1 aliphatic rings. The third-order valence-corrected chi connectivity index (χ3v) is 5.44. The molecule has 0 aromatic heterocycles. The molecule has 32 heavy (non-hydrogen) atoms. The Morgan fingerprint density at radius 1 is 1.00 bits per heavy atom. The molecule has 0 saturated carbocycles. The van der Waals surface area contributed by atoms with Gasteiger partial charge in [-0.05, 0) is 28.8 Å². The maximum absolute atomic E-state index is 11.9. The summed E-state index contributed by atoms with van der Waals surface area (Å²) in [5.41, 5.74) is 3.14. The van der Waals surface area contributed by atoms with Crippen molar-refractivity contribution in [3.05, 3.63) is 90.0 Å². The van der Waals surface area contributed by atoms with Crippen molar-refractivity contribution in [3.8, 4) is 16.9 Å². The van der Waals surface area contributed by atoms with Crippen molar-refractivity contribution in [1.29, 1.82) is 0 Å². The van der Waals surface area contributed by atoms with E-state index in [4.69, 9.17) is 14.3 Å². The molecular weight excluding hydrogens is 406 g/mol. The van der Waals surface area contributed by atoms with Gasteiger partial charge in [-0.2, -0.15) is 0 Å². The highest BCUT2D eigenvalue weighted by atomic mass is 16.7. The number of carbonyl (C=O) groups is 1. The fourth-order valence-electron chi connectivity index (χ4n) is 3.83. The minimum absolute atomic E-state index is 0.193. The molecule has 1 atom stereocenters. The summed E-state index contributed by atoms with van der Waals surface area (Å²) in [7, 11) is 1.66. The Kier molecular flexibility index (Phi) is 6.52. The summed E-state index contributed by atoms with van der Waals surface area (Å²) >= 11 is 0. The van der Waals surface area contributed by atoms with Gasteiger partial charge in [0.2, 0.25) is 5.60 Å². The summed E-state index contributed by atoms with van der Waals surface area (Å²) < 4.78 is 11.3. The lowest BCUT2D eigenvalue weighted by Crippen LogP contribution is -2.41. The van der Waals surface area contributed by atoms with Crippen molar-refractivity contribution >= 4 is 11.7 Å². The van der Waals surface area contributed by atoms with Crippen molar-refractivity contribution in [3.63, 3.8) is 0 Å². The zero-order valence-corrected chi connectivity index (χ0v) is 17.9. The van der Waals surface area contributed by atoms with Crippen LogP contribution in [0, 0.1) is 0 Å². The number of nitrogens with zero attached hydrogens (tertiary/aromatic N) is 1. The van der Waals surface area contributed by atoms with E-state index in [2.05, 4.69) is 11.2 Å². The number of carboxylic acid groups (broad SMARTS) is 1. The predicted molar refractivity (Wildman–Crippen MR) is 122 cm³/mol. The summed E-state index contributed by atoms with van der Waals surface area (Å²) in [4.78, 5) is 17.4. The molecule has 0 bridgehead atoms. The number of ether oxygens (including phenoxy) is 2. The van der Waals surface area contributed by atoms with Crippen molar-refractivity contribution in [2.24, 2.45) is 5.16 Å². The zero-order valence-electron chi connectivity index (χ0n) is 17.9. The fraction of sp³-hybridized carbons (Fsp3) is 0.231. The molecule has 3 aromatic carbocycles. The van der Waals surface area contributed by atoms with Crippen LogP contribution in [-0.4, -0.2) is 36.1 Å². The molecule has 0 fully saturated rings. The quantitative estimate of drug-likeness (QED) is 0.530. The maximum atomic E-state index is 11.9. The molecule has 0 aliphatic carbocycles. The zero-order chi connectivity index (χ0) is 22.4. The maximum Gasteiger partial charge on any atom is 0.351 e. The molecule has 1 unspecified atom stereocenters. The smallest absolute Gasteiger partial charge is 0.351 e. The molecule has 1 aliphatic heterocycles.